The summed E-state index contributed by atoms with van der Waals surface area (Å²) in [5, 5.41) is 33.0. The Hall–Kier alpha value is -1.17. The predicted octanol–water partition coefficient (Wildman–Crippen LogP) is 10.7. The standard InChI is InChI=1S/C40H77NO4/c1-3-5-7-9-11-13-15-16-17-18-19-20-21-22-24-26-28-30-32-34-39(44)38(36-42)41-40(45)35-37(43)33-31-29-27-25-23-14-12-10-8-6-4-2/h24,26,32,34,37-39,42-44H,3-23,25,27-31,33,35-36H2,1-2H3,(H,41,45)/b26-24+,34-32+. The van der Waals surface area contributed by atoms with Gasteiger partial charge in [-0.05, 0) is 32.1 Å². The van der Waals surface area contributed by atoms with E-state index in [0.717, 1.165) is 32.1 Å². The highest BCUT2D eigenvalue weighted by Gasteiger charge is 2.20. The summed E-state index contributed by atoms with van der Waals surface area (Å²) in [7, 11) is 0. The van der Waals surface area contributed by atoms with Gasteiger partial charge in [0.25, 0.3) is 0 Å². The summed E-state index contributed by atoms with van der Waals surface area (Å²) >= 11 is 0. The molecule has 5 nitrogen and oxygen atoms in total. The molecule has 4 N–H and O–H groups in total. The molecule has 266 valence electrons. The maximum absolute atomic E-state index is 12.4. The van der Waals surface area contributed by atoms with Gasteiger partial charge in [-0.25, -0.2) is 0 Å². The van der Waals surface area contributed by atoms with E-state index < -0.39 is 18.2 Å². The average molecular weight is 636 g/mol. The fourth-order valence-corrected chi connectivity index (χ4v) is 5.94. The first-order chi connectivity index (χ1) is 22.0. The third-order valence-corrected chi connectivity index (χ3v) is 8.99. The van der Waals surface area contributed by atoms with Crippen molar-refractivity contribution in [3.63, 3.8) is 0 Å². The molecule has 0 fully saturated rings. The zero-order valence-electron chi connectivity index (χ0n) is 30.0. The molecule has 0 rings (SSSR count). The minimum atomic E-state index is -0.947. The lowest BCUT2D eigenvalue weighted by atomic mass is 10.0. The quantitative estimate of drug-likeness (QED) is 0.0412. The van der Waals surface area contributed by atoms with Crippen LogP contribution >= 0.6 is 0 Å². The number of aliphatic hydroxyl groups excluding tert-OH is 3. The van der Waals surface area contributed by atoms with E-state index in [1.54, 1.807) is 6.08 Å². The number of aliphatic hydroxyl groups is 3. The van der Waals surface area contributed by atoms with Crippen LogP contribution in [0.4, 0.5) is 0 Å². The van der Waals surface area contributed by atoms with Crippen LogP contribution in [0.1, 0.15) is 200 Å². The van der Waals surface area contributed by atoms with Crippen LogP contribution in [0.2, 0.25) is 0 Å². The van der Waals surface area contributed by atoms with Crippen molar-refractivity contribution in [2.45, 2.75) is 218 Å². The third kappa shape index (κ3) is 32.6. The minimum absolute atomic E-state index is 0.00867. The second kappa shape index (κ2) is 35.7. The molecule has 0 saturated heterocycles. The summed E-state index contributed by atoms with van der Waals surface area (Å²) in [6, 6.07) is -0.756. The van der Waals surface area contributed by atoms with Gasteiger partial charge in [-0.3, -0.25) is 4.79 Å². The van der Waals surface area contributed by atoms with Crippen LogP contribution in [-0.4, -0.2) is 46.1 Å². The van der Waals surface area contributed by atoms with Crippen LogP contribution in [0.15, 0.2) is 24.3 Å². The average Bonchev–Trinajstić information content (AvgIpc) is 3.03. The Morgan fingerprint density at radius 3 is 1.42 bits per heavy atom. The molecule has 0 aliphatic rings. The molecule has 5 heteroatoms. The van der Waals surface area contributed by atoms with Crippen molar-refractivity contribution in [1.29, 1.82) is 0 Å². The monoisotopic (exact) mass is 636 g/mol. The number of hydrogen-bond donors (Lipinski definition) is 4. The first-order valence-electron chi connectivity index (χ1n) is 19.6. The van der Waals surface area contributed by atoms with Crippen molar-refractivity contribution < 1.29 is 20.1 Å². The molecule has 0 spiro atoms. The van der Waals surface area contributed by atoms with E-state index in [4.69, 9.17) is 0 Å². The first kappa shape index (κ1) is 43.8. The van der Waals surface area contributed by atoms with Gasteiger partial charge in [-0.15, -0.1) is 0 Å². The zero-order valence-corrected chi connectivity index (χ0v) is 30.0. The van der Waals surface area contributed by atoms with Gasteiger partial charge in [0.05, 0.1) is 31.3 Å². The Morgan fingerprint density at radius 1 is 0.556 bits per heavy atom. The molecular formula is C40H77NO4. The Morgan fingerprint density at radius 2 is 0.956 bits per heavy atom. The lowest BCUT2D eigenvalue weighted by Gasteiger charge is -2.21. The molecule has 0 aromatic heterocycles. The van der Waals surface area contributed by atoms with Crippen molar-refractivity contribution in [1.82, 2.24) is 5.32 Å². The lowest BCUT2D eigenvalue weighted by molar-refractivity contribution is -0.124. The minimum Gasteiger partial charge on any atom is -0.394 e. The summed E-state index contributed by atoms with van der Waals surface area (Å²) in [5.74, 6) is -0.326. The molecule has 3 unspecified atom stereocenters. The number of hydrogen-bond acceptors (Lipinski definition) is 4. The second-order valence-electron chi connectivity index (χ2n) is 13.5. The summed E-state index contributed by atoms with van der Waals surface area (Å²) in [5.41, 5.74) is 0. The summed E-state index contributed by atoms with van der Waals surface area (Å²) in [4.78, 5) is 12.4. The van der Waals surface area contributed by atoms with Crippen LogP contribution in [-0.2, 0) is 4.79 Å². The number of rotatable bonds is 35. The highest BCUT2D eigenvalue weighted by molar-refractivity contribution is 5.76. The van der Waals surface area contributed by atoms with Gasteiger partial charge in [0, 0.05) is 0 Å². The summed E-state index contributed by atoms with van der Waals surface area (Å²) in [6.07, 6.45) is 41.7. The van der Waals surface area contributed by atoms with Gasteiger partial charge in [0.2, 0.25) is 5.91 Å². The van der Waals surface area contributed by atoms with Crippen molar-refractivity contribution in [2.24, 2.45) is 0 Å². The normalized spacial score (nSPS) is 14.0. The molecule has 0 aromatic rings. The largest absolute Gasteiger partial charge is 0.394 e. The second-order valence-corrected chi connectivity index (χ2v) is 13.5. The highest BCUT2D eigenvalue weighted by Crippen LogP contribution is 2.15. The number of carbonyl (C=O) groups excluding carboxylic acids is 1. The molecule has 0 bridgehead atoms. The van der Waals surface area contributed by atoms with Gasteiger partial charge in [-0.2, -0.15) is 0 Å². The van der Waals surface area contributed by atoms with Crippen LogP contribution in [0.25, 0.3) is 0 Å². The predicted molar refractivity (Wildman–Crippen MR) is 195 cm³/mol. The van der Waals surface area contributed by atoms with Crippen molar-refractivity contribution in [3.05, 3.63) is 24.3 Å². The Kier molecular flexibility index (Phi) is 34.8. The van der Waals surface area contributed by atoms with Crippen molar-refractivity contribution in [3.8, 4) is 0 Å². The molecular weight excluding hydrogens is 558 g/mol. The summed E-state index contributed by atoms with van der Waals surface area (Å²) in [6.45, 7) is 4.18. The molecule has 0 heterocycles. The van der Waals surface area contributed by atoms with Crippen LogP contribution in [0, 0.1) is 0 Å². The summed E-state index contributed by atoms with van der Waals surface area (Å²) < 4.78 is 0. The Balaban J connectivity index is 3.74. The first-order valence-corrected chi connectivity index (χ1v) is 19.6. The van der Waals surface area contributed by atoms with Crippen molar-refractivity contribution in [2.75, 3.05) is 6.61 Å². The van der Waals surface area contributed by atoms with E-state index >= 15 is 0 Å². The van der Waals surface area contributed by atoms with Crippen LogP contribution in [0.3, 0.4) is 0 Å². The van der Waals surface area contributed by atoms with Crippen LogP contribution in [0.5, 0.6) is 0 Å². The molecule has 0 aliphatic carbocycles. The number of unbranched alkanes of at least 4 members (excludes halogenated alkanes) is 24. The molecule has 1 amide bonds. The SMILES string of the molecule is CCCCCCCCCCCCCCC/C=C/CC/C=C/C(O)C(CO)NC(=O)CC(O)CCCCCCCCCCCCC. The third-order valence-electron chi connectivity index (χ3n) is 8.99. The molecule has 0 aliphatic heterocycles. The van der Waals surface area contributed by atoms with E-state index in [0.29, 0.717) is 6.42 Å². The van der Waals surface area contributed by atoms with Gasteiger partial charge in [0.1, 0.15) is 0 Å². The van der Waals surface area contributed by atoms with Crippen LogP contribution < -0.4 is 5.32 Å². The van der Waals surface area contributed by atoms with Gasteiger partial charge in [-0.1, -0.05) is 186 Å². The maximum atomic E-state index is 12.4. The number of allylic oxidation sites excluding steroid dienone is 3. The fourth-order valence-electron chi connectivity index (χ4n) is 5.94. The topological polar surface area (TPSA) is 89.8 Å². The maximum Gasteiger partial charge on any atom is 0.222 e. The smallest absolute Gasteiger partial charge is 0.222 e. The van der Waals surface area contributed by atoms with E-state index in [2.05, 4.69) is 31.3 Å². The molecule has 3 atom stereocenters. The van der Waals surface area contributed by atoms with Crippen molar-refractivity contribution >= 4 is 5.91 Å². The van der Waals surface area contributed by atoms with Gasteiger partial charge in [0.15, 0.2) is 0 Å². The van der Waals surface area contributed by atoms with Gasteiger partial charge < -0.3 is 20.6 Å². The number of nitrogens with one attached hydrogen (secondary N) is 1. The van der Waals surface area contributed by atoms with E-state index in [9.17, 15) is 20.1 Å². The molecule has 45 heavy (non-hydrogen) atoms. The lowest BCUT2D eigenvalue weighted by Crippen LogP contribution is -2.45. The van der Waals surface area contributed by atoms with E-state index in [1.807, 2.05) is 6.08 Å². The number of amides is 1. The van der Waals surface area contributed by atoms with Gasteiger partial charge >= 0.3 is 0 Å². The molecule has 0 radical (unpaired) electrons. The van der Waals surface area contributed by atoms with E-state index in [-0.39, 0.29) is 18.9 Å². The zero-order chi connectivity index (χ0) is 33.1. The fraction of sp³-hybridized carbons (Fsp3) is 0.875. The highest BCUT2D eigenvalue weighted by atomic mass is 16.3. The Bertz CT molecular complexity index is 665. The molecule has 0 saturated carbocycles. The number of carbonyl (C=O) groups is 1. The van der Waals surface area contributed by atoms with E-state index in [1.165, 1.54) is 141 Å². The Labute approximate surface area is 280 Å². The molecule has 0 aromatic carbocycles.